The Morgan fingerprint density at radius 1 is 1.12 bits per heavy atom. The highest BCUT2D eigenvalue weighted by molar-refractivity contribution is 5.49. The third-order valence-corrected chi connectivity index (χ3v) is 2.63. The van der Waals surface area contributed by atoms with E-state index >= 15 is 0 Å². The van der Waals surface area contributed by atoms with Crippen LogP contribution in [0.5, 0.6) is 0 Å². The van der Waals surface area contributed by atoms with Crippen LogP contribution in [-0.2, 0) is 9.47 Å². The molecule has 0 amide bonds. The first-order valence-corrected chi connectivity index (χ1v) is 5.66. The lowest BCUT2D eigenvalue weighted by molar-refractivity contribution is -0.141. The zero-order valence-electron chi connectivity index (χ0n) is 10.0. The van der Waals surface area contributed by atoms with Gasteiger partial charge >= 0.3 is 0 Å². The minimum atomic E-state index is -0.467. The Balaban J connectivity index is 2.03. The molecular formula is C14H18O2. The van der Waals surface area contributed by atoms with E-state index in [1.165, 1.54) is 5.56 Å². The van der Waals surface area contributed by atoms with E-state index < -0.39 is 5.79 Å². The Bertz CT molecular complexity index is 368. The van der Waals surface area contributed by atoms with Gasteiger partial charge in [0.15, 0.2) is 5.79 Å². The summed E-state index contributed by atoms with van der Waals surface area (Å²) in [7, 11) is 0. The van der Waals surface area contributed by atoms with Gasteiger partial charge in [0, 0.05) is 0 Å². The van der Waals surface area contributed by atoms with E-state index in [1.54, 1.807) is 0 Å². The van der Waals surface area contributed by atoms with Gasteiger partial charge < -0.3 is 9.47 Å². The van der Waals surface area contributed by atoms with Crippen LogP contribution in [-0.4, -0.2) is 18.0 Å². The summed E-state index contributed by atoms with van der Waals surface area (Å²) in [5, 5.41) is 0. The van der Waals surface area contributed by atoms with Crippen LogP contribution in [0.1, 0.15) is 26.3 Å². The molecule has 2 nitrogen and oxygen atoms in total. The number of hydrogen-bond acceptors (Lipinski definition) is 2. The second-order valence-electron chi connectivity index (χ2n) is 4.58. The van der Waals surface area contributed by atoms with Crippen molar-refractivity contribution in [3.8, 4) is 0 Å². The molecule has 0 radical (unpaired) electrons. The average molecular weight is 218 g/mol. The molecule has 1 aliphatic rings. The quantitative estimate of drug-likeness (QED) is 0.758. The van der Waals surface area contributed by atoms with Crippen molar-refractivity contribution >= 4 is 6.08 Å². The summed E-state index contributed by atoms with van der Waals surface area (Å²) in [4.78, 5) is 0. The summed E-state index contributed by atoms with van der Waals surface area (Å²) in [5.41, 5.74) is 1.18. The molecule has 1 aromatic rings. The fourth-order valence-corrected chi connectivity index (χ4v) is 1.93. The number of hydrogen-bond donors (Lipinski definition) is 0. The van der Waals surface area contributed by atoms with E-state index in [1.807, 2.05) is 39.0 Å². The molecule has 0 bridgehead atoms. The molecule has 1 aromatic carbocycles. The molecule has 0 aromatic heterocycles. The summed E-state index contributed by atoms with van der Waals surface area (Å²) in [6.45, 7) is 5.93. The lowest BCUT2D eigenvalue weighted by Crippen LogP contribution is -2.20. The van der Waals surface area contributed by atoms with Crippen molar-refractivity contribution in [1.29, 1.82) is 0 Å². The smallest absolute Gasteiger partial charge is 0.164 e. The second-order valence-corrected chi connectivity index (χ2v) is 4.58. The summed E-state index contributed by atoms with van der Waals surface area (Å²) in [5.74, 6) is -0.467. The summed E-state index contributed by atoms with van der Waals surface area (Å²) < 4.78 is 11.4. The molecule has 0 N–H and O–H groups in total. The Kier molecular flexibility index (Phi) is 3.13. The van der Waals surface area contributed by atoms with Crippen molar-refractivity contribution in [2.75, 3.05) is 0 Å². The summed E-state index contributed by atoms with van der Waals surface area (Å²) in [6.07, 6.45) is 4.28. The zero-order chi connectivity index (χ0) is 11.6. The molecule has 1 aliphatic heterocycles. The van der Waals surface area contributed by atoms with Crippen LogP contribution in [0.25, 0.3) is 6.08 Å². The number of rotatable bonds is 2. The van der Waals surface area contributed by atoms with Gasteiger partial charge in [-0.15, -0.1) is 0 Å². The van der Waals surface area contributed by atoms with Gasteiger partial charge in [-0.05, 0) is 26.3 Å². The maximum absolute atomic E-state index is 5.77. The molecular weight excluding hydrogens is 200 g/mol. The van der Waals surface area contributed by atoms with Crippen molar-refractivity contribution in [3.63, 3.8) is 0 Å². The maximum Gasteiger partial charge on any atom is 0.164 e. The molecule has 1 heterocycles. The third kappa shape index (κ3) is 2.71. The number of ether oxygens (including phenoxy) is 2. The highest BCUT2D eigenvalue weighted by Crippen LogP contribution is 2.28. The van der Waals surface area contributed by atoms with Crippen molar-refractivity contribution in [3.05, 3.63) is 42.0 Å². The van der Waals surface area contributed by atoms with Crippen LogP contribution in [0.3, 0.4) is 0 Å². The SMILES string of the molecule is C[C@@H]1OC(C)(C)O[C@@H]1/C=C/c1ccccc1. The predicted octanol–water partition coefficient (Wildman–Crippen LogP) is 3.24. The minimum Gasteiger partial charge on any atom is -0.345 e. The van der Waals surface area contributed by atoms with Crippen molar-refractivity contribution in [1.82, 2.24) is 0 Å². The fraction of sp³-hybridized carbons (Fsp3) is 0.429. The summed E-state index contributed by atoms with van der Waals surface area (Å²) >= 11 is 0. The molecule has 86 valence electrons. The maximum atomic E-state index is 5.77. The molecule has 0 aliphatic carbocycles. The largest absolute Gasteiger partial charge is 0.345 e. The lowest BCUT2D eigenvalue weighted by atomic mass is 10.1. The fourth-order valence-electron chi connectivity index (χ4n) is 1.93. The standard InChI is InChI=1S/C14H18O2/c1-11-13(16-14(2,3)15-11)10-9-12-7-5-4-6-8-12/h4-11,13H,1-3H3/b10-9+/t11-,13+/m0/s1. The van der Waals surface area contributed by atoms with Crippen molar-refractivity contribution in [2.24, 2.45) is 0 Å². The first-order valence-electron chi connectivity index (χ1n) is 5.66. The zero-order valence-corrected chi connectivity index (χ0v) is 10.0. The Morgan fingerprint density at radius 2 is 1.81 bits per heavy atom. The van der Waals surface area contributed by atoms with E-state index in [4.69, 9.17) is 9.47 Å². The van der Waals surface area contributed by atoms with E-state index in [0.717, 1.165) is 0 Å². The summed E-state index contributed by atoms with van der Waals surface area (Å²) in [6, 6.07) is 10.2. The van der Waals surface area contributed by atoms with E-state index in [-0.39, 0.29) is 12.2 Å². The van der Waals surface area contributed by atoms with Crippen LogP contribution in [0, 0.1) is 0 Å². The van der Waals surface area contributed by atoms with Crippen LogP contribution in [0.15, 0.2) is 36.4 Å². The molecule has 2 heteroatoms. The Labute approximate surface area is 96.9 Å². The molecule has 2 rings (SSSR count). The minimum absolute atomic E-state index is 0.0372. The molecule has 1 fully saturated rings. The van der Waals surface area contributed by atoms with E-state index in [0.29, 0.717) is 0 Å². The van der Waals surface area contributed by atoms with Gasteiger partial charge in [0.2, 0.25) is 0 Å². The highest BCUT2D eigenvalue weighted by atomic mass is 16.7. The first-order chi connectivity index (χ1) is 7.57. The monoisotopic (exact) mass is 218 g/mol. The third-order valence-electron chi connectivity index (χ3n) is 2.63. The Hall–Kier alpha value is -1.12. The van der Waals surface area contributed by atoms with Gasteiger partial charge in [-0.25, -0.2) is 0 Å². The topological polar surface area (TPSA) is 18.5 Å². The molecule has 1 saturated heterocycles. The van der Waals surface area contributed by atoms with Gasteiger partial charge in [0.25, 0.3) is 0 Å². The first kappa shape index (κ1) is 11.4. The van der Waals surface area contributed by atoms with Gasteiger partial charge in [0.1, 0.15) is 6.10 Å². The van der Waals surface area contributed by atoms with Crippen LogP contribution in [0.4, 0.5) is 0 Å². The molecule has 0 spiro atoms. The van der Waals surface area contributed by atoms with Crippen LogP contribution < -0.4 is 0 Å². The van der Waals surface area contributed by atoms with Gasteiger partial charge in [-0.3, -0.25) is 0 Å². The molecule has 2 atom stereocenters. The highest BCUT2D eigenvalue weighted by Gasteiger charge is 2.36. The van der Waals surface area contributed by atoms with Crippen LogP contribution in [0.2, 0.25) is 0 Å². The van der Waals surface area contributed by atoms with E-state index in [9.17, 15) is 0 Å². The van der Waals surface area contributed by atoms with Crippen LogP contribution >= 0.6 is 0 Å². The van der Waals surface area contributed by atoms with Crippen molar-refractivity contribution in [2.45, 2.75) is 38.8 Å². The van der Waals surface area contributed by atoms with Gasteiger partial charge in [-0.2, -0.15) is 0 Å². The molecule has 0 unspecified atom stereocenters. The van der Waals surface area contributed by atoms with E-state index in [2.05, 4.69) is 24.3 Å². The Morgan fingerprint density at radius 3 is 2.38 bits per heavy atom. The number of benzene rings is 1. The molecule has 16 heavy (non-hydrogen) atoms. The normalized spacial score (nSPS) is 28.7. The lowest BCUT2D eigenvalue weighted by Gasteiger charge is -2.15. The van der Waals surface area contributed by atoms with Gasteiger partial charge in [-0.1, -0.05) is 42.5 Å². The molecule has 0 saturated carbocycles. The second kappa shape index (κ2) is 4.40. The van der Waals surface area contributed by atoms with Gasteiger partial charge in [0.05, 0.1) is 6.10 Å². The predicted molar refractivity (Wildman–Crippen MR) is 65.0 cm³/mol. The average Bonchev–Trinajstić information content (AvgIpc) is 2.50. The van der Waals surface area contributed by atoms with Crippen molar-refractivity contribution < 1.29 is 9.47 Å².